The third-order valence-electron chi connectivity index (χ3n) is 3.45. The van der Waals surface area contributed by atoms with Crippen LogP contribution < -0.4 is 23.5 Å². The van der Waals surface area contributed by atoms with Gasteiger partial charge in [-0.3, -0.25) is 4.79 Å². The minimum atomic E-state index is -0.132. The van der Waals surface area contributed by atoms with Crippen LogP contribution in [0.4, 0.5) is 0 Å². The van der Waals surface area contributed by atoms with Crippen LogP contribution in [0.5, 0.6) is 5.75 Å². The summed E-state index contributed by atoms with van der Waals surface area (Å²) in [6, 6.07) is 6.67. The van der Waals surface area contributed by atoms with Gasteiger partial charge < -0.3 is 38.0 Å². The van der Waals surface area contributed by atoms with Crippen LogP contribution in [0.3, 0.4) is 0 Å². The van der Waals surface area contributed by atoms with Crippen molar-refractivity contribution in [2.75, 3.05) is 39.5 Å². The Morgan fingerprint density at radius 3 is 2.19 bits per heavy atom. The van der Waals surface area contributed by atoms with Gasteiger partial charge in [-0.05, 0) is 43.0 Å². The molecule has 1 aromatic carbocycles. The smallest absolute Gasteiger partial charge is 0.244 e. The van der Waals surface area contributed by atoms with Crippen LogP contribution in [0, 0.1) is 0 Å². The third kappa shape index (κ3) is 13.7. The molecule has 148 valence electrons. The highest BCUT2D eigenvalue weighted by Gasteiger charge is 1.96. The van der Waals surface area contributed by atoms with Gasteiger partial charge in [-0.1, -0.05) is 12.1 Å². The van der Waals surface area contributed by atoms with E-state index in [0.29, 0.717) is 13.2 Å². The zero-order valence-electron chi connectivity index (χ0n) is 15.3. The van der Waals surface area contributed by atoms with Gasteiger partial charge in [-0.25, -0.2) is 0 Å². The number of nitrogens with one attached hydrogen (secondary N) is 1. The molecule has 26 heavy (non-hydrogen) atoms. The van der Waals surface area contributed by atoms with Crippen molar-refractivity contribution in [3.8, 4) is 5.75 Å². The van der Waals surface area contributed by atoms with Gasteiger partial charge in [0.25, 0.3) is 0 Å². The van der Waals surface area contributed by atoms with Crippen LogP contribution in [-0.4, -0.2) is 50.5 Å². The van der Waals surface area contributed by atoms with Crippen molar-refractivity contribution in [3.05, 3.63) is 35.9 Å². The summed E-state index contributed by atoms with van der Waals surface area (Å²) >= 11 is 0. The topological polar surface area (TPSA) is 95.4 Å². The molecule has 0 saturated carbocycles. The van der Waals surface area contributed by atoms with Gasteiger partial charge in [0.15, 0.2) is 0 Å². The number of unbranched alkanes of at least 4 members (excludes halogenated alkanes) is 1. The van der Waals surface area contributed by atoms with Crippen molar-refractivity contribution in [2.24, 2.45) is 0 Å². The fourth-order valence-electron chi connectivity index (χ4n) is 2.02. The molecule has 0 aliphatic carbocycles. The molecule has 1 amide bonds. The molecule has 0 saturated heterocycles. The van der Waals surface area contributed by atoms with Crippen molar-refractivity contribution in [2.45, 2.75) is 25.7 Å². The molecule has 6 nitrogen and oxygen atoms in total. The first-order chi connectivity index (χ1) is 12.2. The standard InChI is InChI=1S/C19H30N2O4.ClH/c20-11-3-15-24-13-1-2-14-25-16-4-12-21-19(23)10-7-17-5-8-18(22)9-6-17;/h5-10,22H,1-4,11-16,20H2,(H,21,23);1H/b10-7+;. The number of benzene rings is 1. The Morgan fingerprint density at radius 1 is 1.00 bits per heavy atom. The van der Waals surface area contributed by atoms with Crippen LogP contribution in [0.25, 0.3) is 6.08 Å². The lowest BCUT2D eigenvalue weighted by molar-refractivity contribution is -0.369. The largest absolute Gasteiger partial charge is 1.00 e. The molecule has 0 heterocycles. The zero-order chi connectivity index (χ0) is 18.2. The van der Waals surface area contributed by atoms with Crippen LogP contribution >= 0.6 is 0 Å². The minimum Gasteiger partial charge on any atom is -1.00 e. The van der Waals surface area contributed by atoms with Crippen LogP contribution in [0.1, 0.15) is 31.2 Å². The van der Waals surface area contributed by atoms with E-state index in [1.807, 2.05) is 0 Å². The first kappa shape index (κ1) is 24.4. The lowest BCUT2D eigenvalue weighted by Crippen LogP contribution is -3.00. The fourth-order valence-corrected chi connectivity index (χ4v) is 2.02. The number of phenols is 1. The van der Waals surface area contributed by atoms with Gasteiger partial charge in [0.05, 0.1) is 13.2 Å². The highest BCUT2D eigenvalue weighted by molar-refractivity contribution is 5.91. The summed E-state index contributed by atoms with van der Waals surface area (Å²) in [6.07, 6.45) is 7.01. The van der Waals surface area contributed by atoms with Gasteiger partial charge in [-0.2, -0.15) is 0 Å². The Morgan fingerprint density at radius 2 is 1.58 bits per heavy atom. The van der Waals surface area contributed by atoms with Gasteiger partial charge >= 0.3 is 0 Å². The van der Waals surface area contributed by atoms with Gasteiger partial charge in [0.2, 0.25) is 5.91 Å². The van der Waals surface area contributed by atoms with E-state index in [4.69, 9.17) is 9.47 Å². The second-order valence-electron chi connectivity index (χ2n) is 5.71. The molecule has 5 N–H and O–H groups in total. The number of amides is 1. The molecule has 0 fully saturated rings. The summed E-state index contributed by atoms with van der Waals surface area (Å²) < 4.78 is 11.0. The maximum atomic E-state index is 11.7. The average molecular weight is 387 g/mol. The molecule has 0 aliphatic rings. The maximum absolute atomic E-state index is 11.7. The number of hydrogen-bond donors (Lipinski definition) is 3. The van der Waals surface area contributed by atoms with E-state index in [1.165, 1.54) is 6.08 Å². The Balaban J connectivity index is 0.00000625. The molecular formula is C19H31ClN2O4. The van der Waals surface area contributed by atoms with Crippen molar-refractivity contribution < 1.29 is 37.5 Å². The number of halogens is 1. The molecule has 0 aromatic heterocycles. The lowest BCUT2D eigenvalue weighted by Gasteiger charge is -2.05. The number of rotatable bonds is 14. The van der Waals surface area contributed by atoms with E-state index in [0.717, 1.165) is 57.6 Å². The maximum Gasteiger partial charge on any atom is 0.244 e. The van der Waals surface area contributed by atoms with E-state index >= 15 is 0 Å². The minimum absolute atomic E-state index is 0. The number of carbonyl (C=O) groups excluding carboxylic acids is 1. The third-order valence-corrected chi connectivity index (χ3v) is 3.45. The van der Waals surface area contributed by atoms with E-state index in [9.17, 15) is 9.90 Å². The number of aromatic hydroxyl groups is 1. The molecule has 0 radical (unpaired) electrons. The summed E-state index contributed by atoms with van der Waals surface area (Å²) in [7, 11) is 0. The predicted octanol–water partition coefficient (Wildman–Crippen LogP) is -1.64. The van der Waals surface area contributed by atoms with Crippen molar-refractivity contribution >= 4 is 12.0 Å². The van der Waals surface area contributed by atoms with E-state index in [2.05, 4.69) is 11.1 Å². The zero-order valence-corrected chi connectivity index (χ0v) is 16.0. The second kappa shape index (κ2) is 16.8. The highest BCUT2D eigenvalue weighted by atomic mass is 35.5. The van der Waals surface area contributed by atoms with Crippen LogP contribution in [-0.2, 0) is 14.3 Å². The van der Waals surface area contributed by atoms with Crippen LogP contribution in [0.2, 0.25) is 0 Å². The molecule has 7 heteroatoms. The molecule has 0 spiro atoms. The van der Waals surface area contributed by atoms with Gasteiger partial charge in [0, 0.05) is 38.9 Å². The monoisotopic (exact) mass is 386 g/mol. The molecule has 1 rings (SSSR count). The number of quaternary nitrogens is 1. The lowest BCUT2D eigenvalue weighted by atomic mass is 10.2. The Hall–Kier alpha value is -1.60. The number of carbonyl (C=O) groups is 1. The molecule has 1 aromatic rings. The first-order valence-electron chi connectivity index (χ1n) is 8.92. The molecule has 0 bridgehead atoms. The fraction of sp³-hybridized carbons (Fsp3) is 0.526. The SMILES string of the molecule is [Cl-].[NH3+]CCCOCCCCOCCCNC(=O)/C=C/c1ccc(O)cc1. The van der Waals surface area contributed by atoms with Gasteiger partial charge in [0.1, 0.15) is 5.75 Å². The molecular weight excluding hydrogens is 356 g/mol. The highest BCUT2D eigenvalue weighted by Crippen LogP contribution is 2.10. The number of phenolic OH excluding ortho intramolecular Hbond substituents is 1. The normalized spacial score (nSPS) is 10.7. The number of ether oxygens (including phenoxy) is 2. The summed E-state index contributed by atoms with van der Waals surface area (Å²) in [5.41, 5.74) is 4.64. The molecule has 0 atom stereocenters. The average Bonchev–Trinajstić information content (AvgIpc) is 2.62. The summed E-state index contributed by atoms with van der Waals surface area (Å²) in [5, 5.41) is 12.0. The summed E-state index contributed by atoms with van der Waals surface area (Å²) in [4.78, 5) is 11.7. The molecule has 0 unspecified atom stereocenters. The second-order valence-corrected chi connectivity index (χ2v) is 5.71. The van der Waals surface area contributed by atoms with Crippen molar-refractivity contribution in [1.82, 2.24) is 5.32 Å². The number of hydrogen-bond acceptors (Lipinski definition) is 4. The quantitative estimate of drug-likeness (QED) is 0.264. The van der Waals surface area contributed by atoms with E-state index in [-0.39, 0.29) is 24.1 Å². The Bertz CT molecular complexity index is 495. The Labute approximate surface area is 162 Å². The first-order valence-corrected chi connectivity index (χ1v) is 8.92. The van der Waals surface area contributed by atoms with Crippen LogP contribution in [0.15, 0.2) is 30.3 Å². The summed E-state index contributed by atoms with van der Waals surface area (Å²) in [5.74, 6) is 0.0793. The summed E-state index contributed by atoms with van der Waals surface area (Å²) in [6.45, 7) is 4.47. The Kier molecular flexibility index (Phi) is 15.8. The predicted molar refractivity (Wildman–Crippen MR) is 98.0 cm³/mol. The van der Waals surface area contributed by atoms with E-state index < -0.39 is 0 Å². The van der Waals surface area contributed by atoms with E-state index in [1.54, 1.807) is 30.3 Å². The van der Waals surface area contributed by atoms with Crippen molar-refractivity contribution in [3.63, 3.8) is 0 Å². The van der Waals surface area contributed by atoms with Gasteiger partial charge in [-0.15, -0.1) is 0 Å². The van der Waals surface area contributed by atoms with Crippen molar-refractivity contribution in [1.29, 1.82) is 0 Å². The molecule has 0 aliphatic heterocycles.